The van der Waals surface area contributed by atoms with Crippen LogP contribution in [-0.2, 0) is 24.7 Å². The molecule has 2 aromatic heterocycles. The van der Waals surface area contributed by atoms with Crippen LogP contribution in [0, 0.1) is 19.8 Å². The van der Waals surface area contributed by atoms with E-state index in [1.807, 2.05) is 32.5 Å². The van der Waals surface area contributed by atoms with Crippen LogP contribution in [0.3, 0.4) is 0 Å². The SMILES string of the molecule is Cc1nn(C)c(C)c1CC(C)C(=O)NCCc1nc(C(=O)O)cs1. The molecule has 0 aliphatic carbocycles. The zero-order valence-corrected chi connectivity index (χ0v) is 15.1. The van der Waals surface area contributed by atoms with Gasteiger partial charge in [0.25, 0.3) is 0 Å². The first-order chi connectivity index (χ1) is 11.3. The van der Waals surface area contributed by atoms with E-state index in [0.29, 0.717) is 24.4 Å². The molecule has 2 heterocycles. The minimum absolute atomic E-state index is 0.0207. The van der Waals surface area contributed by atoms with E-state index in [0.717, 1.165) is 17.0 Å². The lowest BCUT2D eigenvalue weighted by Crippen LogP contribution is -2.32. The molecule has 2 rings (SSSR count). The van der Waals surface area contributed by atoms with Gasteiger partial charge in [-0.05, 0) is 25.8 Å². The predicted molar refractivity (Wildman–Crippen MR) is 91.3 cm³/mol. The second-order valence-electron chi connectivity index (χ2n) is 5.85. The highest BCUT2D eigenvalue weighted by atomic mass is 32.1. The van der Waals surface area contributed by atoms with Crippen LogP contribution < -0.4 is 5.32 Å². The van der Waals surface area contributed by atoms with E-state index in [2.05, 4.69) is 15.4 Å². The van der Waals surface area contributed by atoms with Crippen LogP contribution in [-0.4, -0.2) is 38.3 Å². The molecule has 1 unspecified atom stereocenters. The van der Waals surface area contributed by atoms with Crippen molar-refractivity contribution >= 4 is 23.2 Å². The molecule has 0 spiro atoms. The number of nitrogens with zero attached hydrogens (tertiary/aromatic N) is 3. The molecular weight excluding hydrogens is 328 g/mol. The molecule has 2 aromatic rings. The molecular formula is C16H22N4O3S. The average molecular weight is 350 g/mol. The number of hydrogen-bond donors (Lipinski definition) is 2. The van der Waals surface area contributed by atoms with Gasteiger partial charge in [-0.15, -0.1) is 11.3 Å². The smallest absolute Gasteiger partial charge is 0.355 e. The van der Waals surface area contributed by atoms with Crippen LogP contribution in [0.2, 0.25) is 0 Å². The van der Waals surface area contributed by atoms with Crippen molar-refractivity contribution in [1.29, 1.82) is 0 Å². The molecule has 130 valence electrons. The van der Waals surface area contributed by atoms with Crippen molar-refractivity contribution in [3.63, 3.8) is 0 Å². The van der Waals surface area contributed by atoms with Crippen LogP contribution in [0.25, 0.3) is 0 Å². The van der Waals surface area contributed by atoms with Gasteiger partial charge >= 0.3 is 5.97 Å². The van der Waals surface area contributed by atoms with Crippen LogP contribution >= 0.6 is 11.3 Å². The van der Waals surface area contributed by atoms with Crippen molar-refractivity contribution in [1.82, 2.24) is 20.1 Å². The average Bonchev–Trinajstić information content (AvgIpc) is 3.08. The summed E-state index contributed by atoms with van der Waals surface area (Å²) in [7, 11) is 1.90. The van der Waals surface area contributed by atoms with E-state index in [-0.39, 0.29) is 17.5 Å². The van der Waals surface area contributed by atoms with Gasteiger partial charge < -0.3 is 10.4 Å². The topological polar surface area (TPSA) is 97.1 Å². The minimum atomic E-state index is -1.03. The molecule has 0 aromatic carbocycles. The quantitative estimate of drug-likeness (QED) is 0.792. The fourth-order valence-electron chi connectivity index (χ4n) is 2.50. The number of aromatic nitrogens is 3. The van der Waals surface area contributed by atoms with E-state index in [1.165, 1.54) is 16.7 Å². The van der Waals surface area contributed by atoms with Crippen molar-refractivity contribution in [2.24, 2.45) is 13.0 Å². The van der Waals surface area contributed by atoms with Gasteiger partial charge in [-0.3, -0.25) is 9.48 Å². The molecule has 0 radical (unpaired) electrons. The summed E-state index contributed by atoms with van der Waals surface area (Å²) in [5, 5.41) is 18.3. The summed E-state index contributed by atoms with van der Waals surface area (Å²) in [5.41, 5.74) is 3.21. The van der Waals surface area contributed by atoms with Gasteiger partial charge in [-0.1, -0.05) is 6.92 Å². The van der Waals surface area contributed by atoms with E-state index >= 15 is 0 Å². The highest BCUT2D eigenvalue weighted by Crippen LogP contribution is 2.17. The fraction of sp³-hybridized carbons (Fsp3) is 0.500. The third-order valence-electron chi connectivity index (χ3n) is 4.03. The van der Waals surface area contributed by atoms with E-state index in [4.69, 9.17) is 5.11 Å². The number of thiazole rings is 1. The van der Waals surface area contributed by atoms with Crippen LogP contribution in [0.1, 0.15) is 39.4 Å². The van der Waals surface area contributed by atoms with Crippen LogP contribution in [0.5, 0.6) is 0 Å². The maximum Gasteiger partial charge on any atom is 0.355 e. The summed E-state index contributed by atoms with van der Waals surface area (Å²) in [5.74, 6) is -1.21. The number of nitrogens with one attached hydrogen (secondary N) is 1. The number of carboxylic acids is 1. The standard InChI is InChI=1S/C16H22N4O3S/c1-9(7-12-10(2)19-20(4)11(12)3)15(21)17-6-5-14-18-13(8-24-14)16(22)23/h8-9H,5-7H2,1-4H3,(H,17,21)(H,22,23). The number of carbonyl (C=O) groups is 2. The lowest BCUT2D eigenvalue weighted by Gasteiger charge is -2.12. The minimum Gasteiger partial charge on any atom is -0.476 e. The number of carboxylic acid groups (broad SMARTS) is 1. The zero-order valence-electron chi connectivity index (χ0n) is 14.3. The first kappa shape index (κ1) is 18.1. The Kier molecular flexibility index (Phi) is 5.71. The summed E-state index contributed by atoms with van der Waals surface area (Å²) in [6.07, 6.45) is 1.18. The highest BCUT2D eigenvalue weighted by Gasteiger charge is 2.18. The Balaban J connectivity index is 1.84. The molecule has 24 heavy (non-hydrogen) atoms. The Morgan fingerprint density at radius 2 is 2.12 bits per heavy atom. The second-order valence-corrected chi connectivity index (χ2v) is 6.79. The number of aryl methyl sites for hydroxylation is 2. The summed E-state index contributed by atoms with van der Waals surface area (Å²) in [6, 6.07) is 0. The van der Waals surface area contributed by atoms with Crippen molar-refractivity contribution in [3.8, 4) is 0 Å². The summed E-state index contributed by atoms with van der Waals surface area (Å²) in [6.45, 7) is 6.30. The van der Waals surface area contributed by atoms with Crippen molar-refractivity contribution in [2.75, 3.05) is 6.54 Å². The summed E-state index contributed by atoms with van der Waals surface area (Å²) in [4.78, 5) is 27.0. The Hall–Kier alpha value is -2.22. The van der Waals surface area contributed by atoms with Crippen molar-refractivity contribution in [3.05, 3.63) is 33.0 Å². The molecule has 0 saturated carbocycles. The lowest BCUT2D eigenvalue weighted by molar-refractivity contribution is -0.124. The second kappa shape index (κ2) is 7.57. The number of hydrogen-bond acceptors (Lipinski definition) is 5. The maximum absolute atomic E-state index is 12.2. The van der Waals surface area contributed by atoms with Gasteiger partial charge in [-0.25, -0.2) is 9.78 Å². The molecule has 2 N–H and O–H groups in total. The Morgan fingerprint density at radius 1 is 1.42 bits per heavy atom. The third-order valence-corrected chi connectivity index (χ3v) is 4.93. The van der Waals surface area contributed by atoms with Gasteiger partial charge in [0.1, 0.15) is 0 Å². The van der Waals surface area contributed by atoms with E-state index in [9.17, 15) is 9.59 Å². The van der Waals surface area contributed by atoms with Crippen molar-refractivity contribution < 1.29 is 14.7 Å². The maximum atomic E-state index is 12.2. The predicted octanol–water partition coefficient (Wildman–Crippen LogP) is 1.73. The molecule has 7 nitrogen and oxygen atoms in total. The Morgan fingerprint density at radius 3 is 2.67 bits per heavy atom. The van der Waals surface area contributed by atoms with Gasteiger partial charge in [0, 0.05) is 37.0 Å². The Labute approximate surface area is 144 Å². The number of amides is 1. The first-order valence-electron chi connectivity index (χ1n) is 7.74. The van der Waals surface area contributed by atoms with Crippen molar-refractivity contribution in [2.45, 2.75) is 33.6 Å². The lowest BCUT2D eigenvalue weighted by atomic mass is 9.99. The van der Waals surface area contributed by atoms with Gasteiger partial charge in [0.2, 0.25) is 5.91 Å². The molecule has 8 heteroatoms. The molecule has 0 aliphatic rings. The molecule has 0 fully saturated rings. The highest BCUT2D eigenvalue weighted by molar-refractivity contribution is 7.09. The number of aromatic carboxylic acids is 1. The normalized spacial score (nSPS) is 12.2. The first-order valence-corrected chi connectivity index (χ1v) is 8.62. The number of carbonyl (C=O) groups excluding carboxylic acids is 1. The summed E-state index contributed by atoms with van der Waals surface area (Å²) >= 11 is 1.29. The Bertz CT molecular complexity index is 751. The fourth-order valence-corrected chi connectivity index (χ4v) is 3.27. The van der Waals surface area contributed by atoms with Gasteiger partial charge in [-0.2, -0.15) is 5.10 Å². The molecule has 1 atom stereocenters. The molecule has 0 bridgehead atoms. The molecule has 0 saturated heterocycles. The monoisotopic (exact) mass is 350 g/mol. The third kappa shape index (κ3) is 4.19. The molecule has 0 aliphatic heterocycles. The van der Waals surface area contributed by atoms with E-state index < -0.39 is 5.97 Å². The largest absolute Gasteiger partial charge is 0.476 e. The summed E-state index contributed by atoms with van der Waals surface area (Å²) < 4.78 is 1.83. The van der Waals surface area contributed by atoms with Crippen LogP contribution in [0.15, 0.2) is 5.38 Å². The van der Waals surface area contributed by atoms with E-state index in [1.54, 1.807) is 0 Å². The number of rotatable bonds is 7. The van der Waals surface area contributed by atoms with Gasteiger partial charge in [0.15, 0.2) is 5.69 Å². The van der Waals surface area contributed by atoms with Crippen LogP contribution in [0.4, 0.5) is 0 Å². The zero-order chi connectivity index (χ0) is 17.9. The van der Waals surface area contributed by atoms with Gasteiger partial charge in [0.05, 0.1) is 10.7 Å². The molecule has 1 amide bonds.